The molecule has 66 valence electrons. The predicted molar refractivity (Wildman–Crippen MR) is 50.8 cm³/mol. The average Bonchev–Trinajstić information content (AvgIpc) is 2.03. The van der Waals surface area contributed by atoms with E-state index in [0.717, 1.165) is 5.69 Å². The van der Waals surface area contributed by atoms with Crippen molar-refractivity contribution in [3.63, 3.8) is 0 Å². The predicted octanol–water partition coefficient (Wildman–Crippen LogP) is 1.19. The SMILES string of the molecule is CC(C)Nc1ccnc(NN)c1. The van der Waals surface area contributed by atoms with Crippen LogP contribution in [0, 0.1) is 0 Å². The Bertz CT molecular complexity index is 247. The van der Waals surface area contributed by atoms with Crippen LogP contribution in [0.2, 0.25) is 0 Å². The molecule has 1 rings (SSSR count). The summed E-state index contributed by atoms with van der Waals surface area (Å²) in [5.74, 6) is 5.88. The molecule has 0 aromatic carbocycles. The summed E-state index contributed by atoms with van der Waals surface area (Å²) in [5, 5.41) is 3.24. The van der Waals surface area contributed by atoms with Gasteiger partial charge in [0.2, 0.25) is 0 Å². The van der Waals surface area contributed by atoms with E-state index >= 15 is 0 Å². The zero-order valence-corrected chi connectivity index (χ0v) is 7.33. The third-order valence-electron chi connectivity index (χ3n) is 1.36. The summed E-state index contributed by atoms with van der Waals surface area (Å²) in [6.45, 7) is 4.16. The monoisotopic (exact) mass is 166 g/mol. The molecule has 1 heterocycles. The Morgan fingerprint density at radius 1 is 1.50 bits per heavy atom. The van der Waals surface area contributed by atoms with Crippen LogP contribution >= 0.6 is 0 Å². The van der Waals surface area contributed by atoms with Crippen LogP contribution < -0.4 is 16.6 Å². The minimum atomic E-state index is 0.415. The van der Waals surface area contributed by atoms with E-state index in [-0.39, 0.29) is 0 Å². The molecular weight excluding hydrogens is 152 g/mol. The van der Waals surface area contributed by atoms with Crippen molar-refractivity contribution in [2.75, 3.05) is 10.7 Å². The number of rotatable bonds is 3. The second-order valence-corrected chi connectivity index (χ2v) is 2.87. The highest BCUT2D eigenvalue weighted by Gasteiger charge is 1.96. The number of hydrogen-bond donors (Lipinski definition) is 3. The number of hydrazine groups is 1. The molecule has 0 aliphatic heterocycles. The molecule has 0 amide bonds. The molecule has 12 heavy (non-hydrogen) atoms. The Labute approximate surface area is 72.2 Å². The maximum absolute atomic E-state index is 5.21. The Morgan fingerprint density at radius 2 is 2.25 bits per heavy atom. The van der Waals surface area contributed by atoms with Crippen LogP contribution in [0.15, 0.2) is 18.3 Å². The number of aromatic nitrogens is 1. The maximum Gasteiger partial charge on any atom is 0.141 e. The molecule has 0 atom stereocenters. The van der Waals surface area contributed by atoms with E-state index in [9.17, 15) is 0 Å². The van der Waals surface area contributed by atoms with Crippen LogP contribution in [-0.2, 0) is 0 Å². The molecule has 1 aromatic rings. The Hall–Kier alpha value is -1.29. The maximum atomic E-state index is 5.21. The summed E-state index contributed by atoms with van der Waals surface area (Å²) in [4.78, 5) is 3.99. The van der Waals surface area contributed by atoms with Gasteiger partial charge >= 0.3 is 0 Å². The average molecular weight is 166 g/mol. The van der Waals surface area contributed by atoms with Gasteiger partial charge < -0.3 is 10.7 Å². The van der Waals surface area contributed by atoms with E-state index in [2.05, 4.69) is 29.6 Å². The molecular formula is C8H14N4. The van der Waals surface area contributed by atoms with Crippen LogP contribution in [0.5, 0.6) is 0 Å². The third kappa shape index (κ3) is 2.39. The summed E-state index contributed by atoms with van der Waals surface area (Å²) in [6.07, 6.45) is 1.71. The topological polar surface area (TPSA) is 63.0 Å². The summed E-state index contributed by atoms with van der Waals surface area (Å²) in [7, 11) is 0. The number of pyridine rings is 1. The Balaban J connectivity index is 2.72. The van der Waals surface area contributed by atoms with Gasteiger partial charge in [-0.3, -0.25) is 0 Å². The van der Waals surface area contributed by atoms with Crippen LogP contribution in [0.1, 0.15) is 13.8 Å². The lowest BCUT2D eigenvalue weighted by Crippen LogP contribution is -2.12. The standard InChI is InChI=1S/C8H14N4/c1-6(2)11-7-3-4-10-8(5-7)12-9/h3-6H,9H2,1-2H3,(H2,10,11,12). The van der Waals surface area contributed by atoms with Crippen molar-refractivity contribution in [3.05, 3.63) is 18.3 Å². The van der Waals surface area contributed by atoms with Crippen LogP contribution in [0.25, 0.3) is 0 Å². The molecule has 4 N–H and O–H groups in total. The first-order valence-electron chi connectivity index (χ1n) is 3.91. The molecule has 0 spiro atoms. The van der Waals surface area contributed by atoms with E-state index in [1.807, 2.05) is 12.1 Å². The molecule has 0 saturated carbocycles. The fraction of sp³-hybridized carbons (Fsp3) is 0.375. The van der Waals surface area contributed by atoms with Crippen molar-refractivity contribution in [1.29, 1.82) is 0 Å². The zero-order valence-electron chi connectivity index (χ0n) is 7.33. The zero-order chi connectivity index (χ0) is 8.97. The Kier molecular flexibility index (Phi) is 2.88. The molecule has 0 unspecified atom stereocenters. The van der Waals surface area contributed by atoms with Crippen LogP contribution in [-0.4, -0.2) is 11.0 Å². The molecule has 0 fully saturated rings. The largest absolute Gasteiger partial charge is 0.383 e. The van der Waals surface area contributed by atoms with Gasteiger partial charge in [0.25, 0.3) is 0 Å². The molecule has 0 aliphatic carbocycles. The quantitative estimate of drug-likeness (QED) is 0.466. The van der Waals surface area contributed by atoms with E-state index in [0.29, 0.717) is 11.9 Å². The minimum absolute atomic E-state index is 0.415. The highest BCUT2D eigenvalue weighted by atomic mass is 15.2. The second kappa shape index (κ2) is 3.92. The third-order valence-corrected chi connectivity index (χ3v) is 1.36. The molecule has 0 saturated heterocycles. The van der Waals surface area contributed by atoms with Crippen molar-refractivity contribution < 1.29 is 0 Å². The highest BCUT2D eigenvalue weighted by molar-refractivity contribution is 5.51. The van der Waals surface area contributed by atoms with E-state index in [1.54, 1.807) is 6.20 Å². The van der Waals surface area contributed by atoms with E-state index in [4.69, 9.17) is 5.84 Å². The van der Waals surface area contributed by atoms with Gasteiger partial charge in [0, 0.05) is 24.0 Å². The smallest absolute Gasteiger partial charge is 0.141 e. The number of hydrogen-bond acceptors (Lipinski definition) is 4. The molecule has 0 radical (unpaired) electrons. The lowest BCUT2D eigenvalue weighted by Gasteiger charge is -2.10. The van der Waals surface area contributed by atoms with Gasteiger partial charge in [0.05, 0.1) is 0 Å². The number of nitrogen functional groups attached to an aromatic ring is 1. The number of nitrogens with two attached hydrogens (primary N) is 1. The van der Waals surface area contributed by atoms with Gasteiger partial charge in [0.15, 0.2) is 0 Å². The first kappa shape index (κ1) is 8.80. The van der Waals surface area contributed by atoms with Gasteiger partial charge in [-0.05, 0) is 19.9 Å². The molecule has 1 aromatic heterocycles. The van der Waals surface area contributed by atoms with Gasteiger partial charge in [-0.1, -0.05) is 0 Å². The first-order chi connectivity index (χ1) is 5.72. The van der Waals surface area contributed by atoms with Gasteiger partial charge in [-0.2, -0.15) is 0 Å². The van der Waals surface area contributed by atoms with Crippen LogP contribution in [0.3, 0.4) is 0 Å². The summed E-state index contributed by atoms with van der Waals surface area (Å²) >= 11 is 0. The van der Waals surface area contributed by atoms with Gasteiger partial charge in [0.1, 0.15) is 5.82 Å². The van der Waals surface area contributed by atoms with Crippen molar-refractivity contribution in [2.24, 2.45) is 5.84 Å². The first-order valence-corrected chi connectivity index (χ1v) is 3.91. The van der Waals surface area contributed by atoms with Gasteiger partial charge in [-0.25, -0.2) is 10.8 Å². The van der Waals surface area contributed by atoms with Crippen molar-refractivity contribution >= 4 is 11.5 Å². The Morgan fingerprint density at radius 3 is 2.83 bits per heavy atom. The number of nitrogens with one attached hydrogen (secondary N) is 2. The van der Waals surface area contributed by atoms with Crippen LogP contribution in [0.4, 0.5) is 11.5 Å². The van der Waals surface area contributed by atoms with Gasteiger partial charge in [-0.15, -0.1) is 0 Å². The molecule has 4 heteroatoms. The lowest BCUT2D eigenvalue weighted by molar-refractivity contribution is 0.899. The molecule has 0 aliphatic rings. The van der Waals surface area contributed by atoms with Crippen molar-refractivity contribution in [1.82, 2.24) is 4.98 Å². The minimum Gasteiger partial charge on any atom is -0.383 e. The fourth-order valence-corrected chi connectivity index (χ4v) is 0.933. The van der Waals surface area contributed by atoms with Crippen molar-refractivity contribution in [2.45, 2.75) is 19.9 Å². The summed E-state index contributed by atoms with van der Waals surface area (Å²) in [5.41, 5.74) is 3.51. The highest BCUT2D eigenvalue weighted by Crippen LogP contribution is 2.11. The molecule has 4 nitrogen and oxygen atoms in total. The second-order valence-electron chi connectivity index (χ2n) is 2.87. The normalized spacial score (nSPS) is 10.0. The lowest BCUT2D eigenvalue weighted by atomic mass is 10.3. The van der Waals surface area contributed by atoms with E-state index < -0.39 is 0 Å². The summed E-state index contributed by atoms with van der Waals surface area (Å²) in [6, 6.07) is 4.18. The number of anilines is 2. The van der Waals surface area contributed by atoms with E-state index in [1.165, 1.54) is 0 Å². The number of nitrogens with zero attached hydrogens (tertiary/aromatic N) is 1. The fourth-order valence-electron chi connectivity index (χ4n) is 0.933. The molecule has 0 bridgehead atoms. The van der Waals surface area contributed by atoms with Crippen molar-refractivity contribution in [3.8, 4) is 0 Å². The summed E-state index contributed by atoms with van der Waals surface area (Å²) < 4.78 is 0.